The van der Waals surface area contributed by atoms with Crippen LogP contribution in [0.15, 0.2) is 42.5 Å². The van der Waals surface area contributed by atoms with E-state index in [9.17, 15) is 28.7 Å². The maximum absolute atomic E-state index is 13.8. The number of carbonyl (C=O) groups excluding carboxylic acids is 4. The van der Waals surface area contributed by atoms with Crippen molar-refractivity contribution in [1.82, 2.24) is 20.4 Å². The van der Waals surface area contributed by atoms with E-state index in [2.05, 4.69) is 10.6 Å². The van der Waals surface area contributed by atoms with Crippen LogP contribution in [0.1, 0.15) is 63.1 Å². The number of aromatic hydroxyl groups is 1. The minimum absolute atomic E-state index is 0.105. The van der Waals surface area contributed by atoms with Gasteiger partial charge in [0.15, 0.2) is 0 Å². The fourth-order valence-corrected chi connectivity index (χ4v) is 5.32. The minimum atomic E-state index is -1.01. The molecule has 1 aliphatic rings. The van der Waals surface area contributed by atoms with Crippen LogP contribution in [0, 0.1) is 5.82 Å². The summed E-state index contributed by atoms with van der Waals surface area (Å²) in [5.74, 6) is -1.77. The number of nitrogens with two attached hydrogens (primary N) is 1. The summed E-state index contributed by atoms with van der Waals surface area (Å²) in [6.07, 6.45) is 1.87. The molecule has 0 saturated carbocycles. The number of nitrogens with one attached hydrogen (secondary N) is 2. The monoisotopic (exact) mass is 611 g/mol. The highest BCUT2D eigenvalue weighted by Crippen LogP contribution is 2.31. The Hall–Kier alpha value is -3.99. The topological polar surface area (TPSA) is 145 Å². The van der Waals surface area contributed by atoms with Crippen LogP contribution in [0.25, 0.3) is 0 Å². The lowest BCUT2D eigenvalue weighted by molar-refractivity contribution is -0.141. The molecule has 4 amide bonds. The van der Waals surface area contributed by atoms with Crippen molar-refractivity contribution in [1.29, 1.82) is 0 Å². The average Bonchev–Trinajstić information content (AvgIpc) is 2.96. The van der Waals surface area contributed by atoms with Gasteiger partial charge in [0.25, 0.3) is 0 Å². The summed E-state index contributed by atoms with van der Waals surface area (Å²) in [5.41, 5.74) is 8.01. The molecular formula is C33H46FN5O5. The Morgan fingerprint density at radius 3 is 2.41 bits per heavy atom. The summed E-state index contributed by atoms with van der Waals surface area (Å²) in [4.78, 5) is 56.1. The number of likely N-dealkylation sites (N-methyl/N-ethyl adjacent to an activating group) is 1. The van der Waals surface area contributed by atoms with Crippen molar-refractivity contribution < 1.29 is 28.7 Å². The van der Waals surface area contributed by atoms with Gasteiger partial charge in [0.05, 0.1) is 6.04 Å². The van der Waals surface area contributed by atoms with Crippen LogP contribution < -0.4 is 16.4 Å². The molecule has 5 N–H and O–H groups in total. The Bertz CT molecular complexity index is 1330. The van der Waals surface area contributed by atoms with Crippen molar-refractivity contribution in [3.8, 4) is 5.75 Å². The Morgan fingerprint density at radius 2 is 1.75 bits per heavy atom. The standard InChI is InChI=1S/C33H46FN5O5/c1-33(2,3)24-18-22(11-14-28(24)40)20-26-30(42)36-16-15-29(41)38(4)17-7-6-8-27(31(43)37-26)39(5)32(44)25(35)19-21-9-12-23(34)13-10-21/h9-14,18,25-27,40H,6-8,15-17,19-20,35H2,1-5H3,(H,36,42)(H,37,43)/t25-,26?,27-/m0/s1. The highest BCUT2D eigenvalue weighted by Gasteiger charge is 2.33. The quantitative estimate of drug-likeness (QED) is 0.395. The molecule has 2 aromatic carbocycles. The third-order valence-corrected chi connectivity index (χ3v) is 8.03. The maximum Gasteiger partial charge on any atom is 0.243 e. The second-order valence-electron chi connectivity index (χ2n) is 12.6. The molecule has 1 heterocycles. The first kappa shape index (κ1) is 34.5. The predicted molar refractivity (Wildman–Crippen MR) is 166 cm³/mol. The van der Waals surface area contributed by atoms with Crippen LogP contribution in [0.5, 0.6) is 5.75 Å². The van der Waals surface area contributed by atoms with Gasteiger partial charge in [-0.15, -0.1) is 0 Å². The van der Waals surface area contributed by atoms with Crippen molar-refractivity contribution in [3.05, 3.63) is 65.0 Å². The Kier molecular flexibility index (Phi) is 11.9. The minimum Gasteiger partial charge on any atom is -0.508 e. The van der Waals surface area contributed by atoms with Crippen LogP contribution in [0.4, 0.5) is 4.39 Å². The predicted octanol–water partition coefficient (Wildman–Crippen LogP) is 2.40. The molecule has 11 heteroatoms. The van der Waals surface area contributed by atoms with Crippen molar-refractivity contribution in [2.24, 2.45) is 5.73 Å². The zero-order chi connectivity index (χ0) is 32.6. The highest BCUT2D eigenvalue weighted by atomic mass is 19.1. The van der Waals surface area contributed by atoms with Crippen molar-refractivity contribution in [3.63, 3.8) is 0 Å². The number of amides is 4. The van der Waals surface area contributed by atoms with Gasteiger partial charge in [0.2, 0.25) is 23.6 Å². The van der Waals surface area contributed by atoms with E-state index in [1.807, 2.05) is 26.8 Å². The Morgan fingerprint density at radius 1 is 1.09 bits per heavy atom. The second kappa shape index (κ2) is 15.1. The van der Waals surface area contributed by atoms with Crippen LogP contribution in [-0.4, -0.2) is 83.8 Å². The number of phenols is 1. The molecule has 1 saturated heterocycles. The lowest BCUT2D eigenvalue weighted by Crippen LogP contribution is -2.57. The number of benzene rings is 2. The zero-order valence-electron chi connectivity index (χ0n) is 26.4. The summed E-state index contributed by atoms with van der Waals surface area (Å²) in [7, 11) is 3.21. The van der Waals surface area contributed by atoms with Crippen LogP contribution in [-0.2, 0) is 37.4 Å². The molecule has 0 spiro atoms. The summed E-state index contributed by atoms with van der Waals surface area (Å²) in [5, 5.41) is 16.1. The average molecular weight is 612 g/mol. The fraction of sp³-hybridized carbons (Fsp3) is 0.515. The molecule has 0 bridgehead atoms. The van der Waals surface area contributed by atoms with Gasteiger partial charge in [-0.2, -0.15) is 0 Å². The molecule has 1 fully saturated rings. The van der Waals surface area contributed by atoms with Crippen LogP contribution in [0.2, 0.25) is 0 Å². The molecule has 1 aliphatic heterocycles. The fourth-order valence-electron chi connectivity index (χ4n) is 5.32. The van der Waals surface area contributed by atoms with E-state index in [4.69, 9.17) is 5.73 Å². The number of rotatable bonds is 6. The third-order valence-electron chi connectivity index (χ3n) is 8.03. The van der Waals surface area contributed by atoms with Crippen molar-refractivity contribution in [2.45, 2.75) is 82.8 Å². The number of nitrogens with zero attached hydrogens (tertiary/aromatic N) is 2. The van der Waals surface area contributed by atoms with Gasteiger partial charge in [-0.25, -0.2) is 4.39 Å². The van der Waals surface area contributed by atoms with E-state index in [0.717, 1.165) is 5.56 Å². The van der Waals surface area contributed by atoms with E-state index in [1.54, 1.807) is 36.2 Å². The first-order valence-corrected chi connectivity index (χ1v) is 15.1. The molecule has 10 nitrogen and oxygen atoms in total. The van der Waals surface area contributed by atoms with Gasteiger partial charge in [-0.3, -0.25) is 19.2 Å². The number of halogens is 1. The van der Waals surface area contributed by atoms with E-state index >= 15 is 0 Å². The third kappa shape index (κ3) is 9.51. The molecule has 3 rings (SSSR count). The highest BCUT2D eigenvalue weighted by molar-refractivity contribution is 5.93. The summed E-state index contributed by atoms with van der Waals surface area (Å²) < 4.78 is 13.4. The lowest BCUT2D eigenvalue weighted by Gasteiger charge is -2.31. The Balaban J connectivity index is 1.87. The van der Waals surface area contributed by atoms with Crippen molar-refractivity contribution in [2.75, 3.05) is 27.2 Å². The molecule has 240 valence electrons. The molecular weight excluding hydrogens is 565 g/mol. The van der Waals surface area contributed by atoms with Gasteiger partial charge in [-0.1, -0.05) is 45.0 Å². The zero-order valence-corrected chi connectivity index (χ0v) is 26.4. The SMILES string of the molecule is CN1CCCC[C@H](N(C)C(=O)[C@@H](N)Cc2ccc(F)cc2)C(=O)NC(Cc2ccc(O)c(C(C)(C)C)c2)C(=O)NCCC1=O. The van der Waals surface area contributed by atoms with E-state index in [1.165, 1.54) is 24.1 Å². The first-order chi connectivity index (χ1) is 20.7. The van der Waals surface area contributed by atoms with E-state index in [-0.39, 0.29) is 42.9 Å². The van der Waals surface area contributed by atoms with Crippen LogP contribution >= 0.6 is 0 Å². The van der Waals surface area contributed by atoms with Crippen molar-refractivity contribution >= 4 is 23.6 Å². The molecule has 44 heavy (non-hydrogen) atoms. The number of hydrogen-bond acceptors (Lipinski definition) is 6. The van der Waals surface area contributed by atoms with Gasteiger partial charge in [0, 0.05) is 40.0 Å². The molecule has 0 radical (unpaired) electrons. The molecule has 0 aliphatic carbocycles. The lowest BCUT2D eigenvalue weighted by atomic mass is 9.84. The van der Waals surface area contributed by atoms with Gasteiger partial charge < -0.3 is 31.3 Å². The number of hydrogen-bond donors (Lipinski definition) is 4. The van der Waals surface area contributed by atoms with Gasteiger partial charge >= 0.3 is 0 Å². The summed E-state index contributed by atoms with van der Waals surface area (Å²) in [6.45, 7) is 6.48. The summed E-state index contributed by atoms with van der Waals surface area (Å²) >= 11 is 0. The number of phenolic OH excluding ortho intramolecular Hbond substituents is 1. The van der Waals surface area contributed by atoms with Gasteiger partial charge in [0.1, 0.15) is 23.7 Å². The van der Waals surface area contributed by atoms with E-state index in [0.29, 0.717) is 36.9 Å². The Labute approximate surface area is 259 Å². The van der Waals surface area contributed by atoms with E-state index < -0.39 is 41.7 Å². The second-order valence-corrected chi connectivity index (χ2v) is 12.6. The largest absolute Gasteiger partial charge is 0.508 e. The normalized spacial score (nSPS) is 19.9. The smallest absolute Gasteiger partial charge is 0.243 e. The first-order valence-electron chi connectivity index (χ1n) is 15.1. The molecule has 0 aromatic heterocycles. The summed E-state index contributed by atoms with van der Waals surface area (Å²) in [6, 6.07) is 7.92. The molecule has 1 unspecified atom stereocenters. The molecule has 3 atom stereocenters. The molecule has 2 aromatic rings. The number of carbonyl (C=O) groups is 4. The van der Waals surface area contributed by atoms with Gasteiger partial charge in [-0.05, 0) is 66.0 Å². The maximum atomic E-state index is 13.8. The van der Waals surface area contributed by atoms with Crippen LogP contribution in [0.3, 0.4) is 0 Å².